The summed E-state index contributed by atoms with van der Waals surface area (Å²) in [7, 11) is 0. The van der Waals surface area contributed by atoms with E-state index in [2.05, 4.69) is 59.8 Å². The summed E-state index contributed by atoms with van der Waals surface area (Å²) in [6, 6.07) is 69.5. The molecular formula is C93H78N4O14. The smallest absolute Gasteiger partial charge is 0.266 e. The lowest BCUT2D eigenvalue weighted by molar-refractivity contribution is -0.135. The van der Waals surface area contributed by atoms with Crippen molar-refractivity contribution < 1.29 is 66.8 Å². The molecule has 18 nitrogen and oxygen atoms in total. The van der Waals surface area contributed by atoms with Gasteiger partial charge in [0.25, 0.3) is 35.4 Å². The number of benzene rings is 10. The van der Waals surface area contributed by atoms with Gasteiger partial charge in [-0.3, -0.25) is 43.3 Å². The van der Waals surface area contributed by atoms with Crippen LogP contribution in [0.2, 0.25) is 0 Å². The fourth-order valence-electron chi connectivity index (χ4n) is 15.4. The van der Waals surface area contributed by atoms with Gasteiger partial charge < -0.3 is 28.4 Å². The van der Waals surface area contributed by atoms with E-state index in [1.54, 1.807) is 109 Å². The predicted octanol–water partition coefficient (Wildman–Crippen LogP) is 19.7. The van der Waals surface area contributed by atoms with Gasteiger partial charge in [-0.15, -0.1) is 0 Å². The van der Waals surface area contributed by atoms with Crippen LogP contribution in [0.15, 0.2) is 266 Å². The van der Waals surface area contributed by atoms with Crippen LogP contribution >= 0.6 is 0 Å². The van der Waals surface area contributed by atoms with Crippen molar-refractivity contribution in [1.82, 2.24) is 4.90 Å². The first-order chi connectivity index (χ1) is 53.5. The number of imide groups is 4. The van der Waals surface area contributed by atoms with Crippen LogP contribution in [0.3, 0.4) is 0 Å². The minimum absolute atomic E-state index is 0.0548. The quantitative estimate of drug-likeness (QED) is 0.0457. The number of fused-ring (bicyclic) bond motifs is 2. The first-order valence-electron chi connectivity index (χ1n) is 37.2. The molecule has 0 aromatic heterocycles. The minimum atomic E-state index is -0.471. The van der Waals surface area contributed by atoms with E-state index in [9.17, 15) is 38.4 Å². The number of allylic oxidation sites excluding steroid dienone is 2. The normalized spacial score (nSPS) is 17.2. The molecule has 4 aliphatic heterocycles. The largest absolute Gasteiger partial charge is 0.457 e. The number of amides is 8. The maximum Gasteiger partial charge on any atom is 0.266 e. The molecule has 0 N–H and O–H groups in total. The summed E-state index contributed by atoms with van der Waals surface area (Å²) >= 11 is 0. The van der Waals surface area contributed by atoms with Crippen molar-refractivity contribution in [3.05, 3.63) is 316 Å². The van der Waals surface area contributed by atoms with Gasteiger partial charge in [0.2, 0.25) is 11.8 Å². The highest BCUT2D eigenvalue weighted by Gasteiger charge is 2.40. The lowest BCUT2D eigenvalue weighted by atomic mass is 9.73. The van der Waals surface area contributed by atoms with Crippen LogP contribution in [0, 0.1) is 0 Å². The van der Waals surface area contributed by atoms with E-state index in [0.717, 1.165) is 69.0 Å². The third-order valence-electron chi connectivity index (χ3n) is 22.1. The fraction of sp³-hybridized carbons (Fsp3) is 0.204. The second-order valence-electron chi connectivity index (χ2n) is 30.1. The van der Waals surface area contributed by atoms with Crippen molar-refractivity contribution >= 4 is 64.3 Å². The second kappa shape index (κ2) is 29.2. The molecule has 1 saturated heterocycles. The van der Waals surface area contributed by atoms with Crippen molar-refractivity contribution in [2.24, 2.45) is 0 Å². The van der Waals surface area contributed by atoms with E-state index < -0.39 is 29.0 Å². The van der Waals surface area contributed by atoms with Crippen molar-refractivity contribution in [1.29, 1.82) is 0 Å². The topological polar surface area (TPSA) is 205 Å². The number of hydrogen-bond donors (Lipinski definition) is 0. The van der Waals surface area contributed by atoms with Gasteiger partial charge in [-0.25, -0.2) is 14.7 Å². The van der Waals surface area contributed by atoms with Gasteiger partial charge >= 0.3 is 0 Å². The Morgan fingerprint density at radius 2 is 0.577 bits per heavy atom. The number of anilines is 3. The summed E-state index contributed by atoms with van der Waals surface area (Å²) in [5.74, 6) is 2.65. The molecule has 0 spiro atoms. The molecule has 1 fully saturated rings. The molecule has 0 saturated carbocycles. The zero-order valence-electron chi connectivity index (χ0n) is 62.1. The van der Waals surface area contributed by atoms with Crippen molar-refractivity contribution in [2.75, 3.05) is 14.7 Å². The number of rotatable bonds is 22. The van der Waals surface area contributed by atoms with Crippen LogP contribution in [-0.2, 0) is 40.2 Å². The summed E-state index contributed by atoms with van der Waals surface area (Å²) in [4.78, 5) is 109. The lowest BCUT2D eigenvalue weighted by Gasteiger charge is -2.35. The van der Waals surface area contributed by atoms with Gasteiger partial charge in [0.1, 0.15) is 57.5 Å². The third-order valence-corrected chi connectivity index (χ3v) is 22.1. The molecule has 2 atom stereocenters. The molecule has 2 aliphatic carbocycles. The molecule has 2 unspecified atom stereocenters. The molecule has 10 aromatic carbocycles. The SMILES string of the molecule is CC(C)(C1=CCC(OC2CC=C(N3C(=O)C=CC3=O)CC2)CC1)c1ccc(Oc2ccc(N3C(=O)c4ccc(Oc5ccc(C(C)(C)c6ccc(Oc7ccc8c(c7)C(=O)N(c7ccc(Oc9ccc(C(C)(C)c%10ccc(Oc%11ccc(N%12C(=O)CCC%12=O)cc%11)cc%10)cc9)cc7)C8=O)cc6)cc5)cc4C3=O)cc2)cc1. The lowest BCUT2D eigenvalue weighted by Crippen LogP contribution is -2.33. The molecule has 554 valence electrons. The molecule has 10 aromatic rings. The monoisotopic (exact) mass is 1470 g/mol. The summed E-state index contributed by atoms with van der Waals surface area (Å²) in [6.45, 7) is 13.0. The van der Waals surface area contributed by atoms with Gasteiger partial charge in [0.05, 0.1) is 51.5 Å². The van der Waals surface area contributed by atoms with Crippen LogP contribution in [0.5, 0.6) is 57.5 Å². The van der Waals surface area contributed by atoms with Crippen LogP contribution in [0.1, 0.15) is 162 Å². The average molecular weight is 1480 g/mol. The molecule has 4 heterocycles. The van der Waals surface area contributed by atoms with E-state index in [4.69, 9.17) is 28.4 Å². The summed E-state index contributed by atoms with van der Waals surface area (Å²) in [5.41, 5.74) is 8.71. The Morgan fingerprint density at radius 1 is 0.288 bits per heavy atom. The average Bonchev–Trinajstić information content (AvgIpc) is 1.64. The van der Waals surface area contributed by atoms with Gasteiger partial charge in [-0.2, -0.15) is 0 Å². The predicted molar refractivity (Wildman–Crippen MR) is 420 cm³/mol. The van der Waals surface area contributed by atoms with Crippen molar-refractivity contribution in [3.8, 4) is 57.5 Å². The molecule has 0 bridgehead atoms. The molecule has 111 heavy (non-hydrogen) atoms. The number of nitrogens with zero attached hydrogens (tertiary/aromatic N) is 4. The zero-order valence-corrected chi connectivity index (χ0v) is 62.1. The summed E-state index contributed by atoms with van der Waals surface area (Å²) in [5, 5.41) is 0. The van der Waals surface area contributed by atoms with Crippen LogP contribution in [-0.4, -0.2) is 64.4 Å². The highest BCUT2D eigenvalue weighted by atomic mass is 16.5. The summed E-state index contributed by atoms with van der Waals surface area (Å²) in [6.07, 6.45) is 12.2. The van der Waals surface area contributed by atoms with Crippen molar-refractivity contribution in [3.63, 3.8) is 0 Å². The van der Waals surface area contributed by atoms with Crippen LogP contribution < -0.4 is 38.4 Å². The molecule has 8 amide bonds. The molecule has 16 rings (SSSR count). The van der Waals surface area contributed by atoms with Gasteiger partial charge in [0, 0.05) is 46.9 Å². The van der Waals surface area contributed by atoms with Crippen LogP contribution in [0.4, 0.5) is 17.1 Å². The Balaban J connectivity index is 0.484. The third kappa shape index (κ3) is 14.3. The Morgan fingerprint density at radius 3 is 0.901 bits per heavy atom. The maximum absolute atomic E-state index is 14.0. The van der Waals surface area contributed by atoms with Crippen molar-refractivity contribution in [2.45, 2.75) is 121 Å². The maximum atomic E-state index is 14.0. The van der Waals surface area contributed by atoms with E-state index in [1.807, 2.05) is 115 Å². The first kappa shape index (κ1) is 72.2. The fourth-order valence-corrected chi connectivity index (χ4v) is 15.4. The molecule has 18 heteroatoms. The van der Waals surface area contributed by atoms with Gasteiger partial charge in [0.15, 0.2) is 0 Å². The van der Waals surface area contributed by atoms with Crippen LogP contribution in [0.25, 0.3) is 0 Å². The number of carbonyl (C=O) groups is 8. The Kier molecular flexibility index (Phi) is 19.0. The van der Waals surface area contributed by atoms with Gasteiger partial charge in [-0.05, 0) is 236 Å². The Hall–Kier alpha value is -13.1. The minimum Gasteiger partial charge on any atom is -0.457 e. The van der Waals surface area contributed by atoms with E-state index in [0.29, 0.717) is 87.4 Å². The molecule has 0 radical (unpaired) electrons. The first-order valence-corrected chi connectivity index (χ1v) is 37.2. The van der Waals surface area contributed by atoms with E-state index >= 15 is 0 Å². The Labute approximate surface area is 642 Å². The van der Waals surface area contributed by atoms with E-state index in [-0.39, 0.29) is 81.8 Å². The highest BCUT2D eigenvalue weighted by molar-refractivity contribution is 6.35. The number of hydrogen-bond acceptors (Lipinski definition) is 14. The highest BCUT2D eigenvalue weighted by Crippen LogP contribution is 2.44. The number of ether oxygens (including phenoxy) is 6. The second-order valence-corrected chi connectivity index (χ2v) is 30.1. The van der Waals surface area contributed by atoms with E-state index in [1.165, 1.54) is 27.5 Å². The zero-order chi connectivity index (χ0) is 77.0. The number of carbonyl (C=O) groups excluding carboxylic acids is 8. The van der Waals surface area contributed by atoms with Gasteiger partial charge in [-0.1, -0.05) is 120 Å². The standard InChI is InChI=1S/C93H78N4O14/c1-91(2,57-7-27-67(28-8-57)106-73-39-19-63(20-40-73)94-83(98)51-52-84(94)99)59-11-31-69(32-12-59)108-75-43-23-65(24-44-75)96-87(102)79-49-47-77(55-81(79)89(96)104)110-71-35-15-61(16-36-71)93(5,6)62-17-37-72(38-18-62)111-78-48-50-80-82(56-78)90(105)97(88(80)103)66-25-45-76(46-26-66)109-70-33-13-60(14-34-70)92(3,4)58-9-29-68(30-10-58)107-74-41-21-64(22-42-74)95-85(100)53-54-86(95)101/h7-9,11-21,23-28,31-40,43-50,53-56,68,74H,10,22,29-30,41-42,51-52H2,1-6H3. The Bertz CT molecular complexity index is 5460. The molecular weight excluding hydrogens is 1400 g/mol. The summed E-state index contributed by atoms with van der Waals surface area (Å²) < 4.78 is 37.6. The molecule has 6 aliphatic rings.